The van der Waals surface area contributed by atoms with E-state index < -0.39 is 0 Å². The van der Waals surface area contributed by atoms with E-state index in [1.807, 2.05) is 19.9 Å². The summed E-state index contributed by atoms with van der Waals surface area (Å²) in [6.45, 7) is 4.41. The van der Waals surface area contributed by atoms with Gasteiger partial charge in [0.1, 0.15) is 5.75 Å². The number of rotatable bonds is 6. The number of benzene rings is 2. The van der Waals surface area contributed by atoms with Crippen molar-refractivity contribution in [3.63, 3.8) is 0 Å². The number of hydrogen-bond donors (Lipinski definition) is 1. The summed E-state index contributed by atoms with van der Waals surface area (Å²) >= 11 is 0. The van der Waals surface area contributed by atoms with Crippen LogP contribution < -0.4 is 19.5 Å². The maximum absolute atomic E-state index is 12.4. The molecule has 2 aromatic rings. The third kappa shape index (κ3) is 3.94. The number of anilines is 1. The molecule has 2 aromatic carbocycles. The van der Waals surface area contributed by atoms with Crippen LogP contribution in [0.4, 0.5) is 5.69 Å². The number of amides is 1. The standard InChI is InChI=1S/C18H21NO4/c1-5-23-14-8-6-13(7-9-14)18(20)19-15-11-17(22-4)16(21-3)10-12(15)2/h6-11H,5H2,1-4H3,(H,19,20). The molecule has 1 amide bonds. The van der Waals surface area contributed by atoms with Gasteiger partial charge < -0.3 is 19.5 Å². The summed E-state index contributed by atoms with van der Waals surface area (Å²) in [5.41, 5.74) is 2.13. The van der Waals surface area contributed by atoms with Crippen molar-refractivity contribution >= 4 is 11.6 Å². The molecule has 23 heavy (non-hydrogen) atoms. The molecule has 5 heteroatoms. The fourth-order valence-corrected chi connectivity index (χ4v) is 2.18. The van der Waals surface area contributed by atoms with Crippen LogP contribution in [-0.4, -0.2) is 26.7 Å². The zero-order valence-electron chi connectivity index (χ0n) is 13.8. The second-order valence-electron chi connectivity index (χ2n) is 4.93. The summed E-state index contributed by atoms with van der Waals surface area (Å²) < 4.78 is 15.9. The lowest BCUT2D eigenvalue weighted by Gasteiger charge is -2.14. The molecule has 0 aromatic heterocycles. The van der Waals surface area contributed by atoms with E-state index in [2.05, 4.69) is 5.32 Å². The number of methoxy groups -OCH3 is 2. The zero-order chi connectivity index (χ0) is 16.8. The number of carbonyl (C=O) groups is 1. The van der Waals surface area contributed by atoms with Gasteiger partial charge in [-0.3, -0.25) is 4.79 Å². The SMILES string of the molecule is CCOc1ccc(C(=O)Nc2cc(OC)c(OC)cc2C)cc1. The largest absolute Gasteiger partial charge is 0.494 e. The molecule has 5 nitrogen and oxygen atoms in total. The lowest BCUT2D eigenvalue weighted by Crippen LogP contribution is -2.13. The Kier molecular flexibility index (Phi) is 5.46. The second kappa shape index (κ2) is 7.54. The van der Waals surface area contributed by atoms with Crippen LogP contribution in [0.5, 0.6) is 17.2 Å². The van der Waals surface area contributed by atoms with E-state index in [0.717, 1.165) is 11.3 Å². The van der Waals surface area contributed by atoms with Gasteiger partial charge in [0.05, 0.1) is 20.8 Å². The van der Waals surface area contributed by atoms with Crippen molar-refractivity contribution < 1.29 is 19.0 Å². The van der Waals surface area contributed by atoms with E-state index in [0.29, 0.717) is 29.4 Å². The maximum atomic E-state index is 12.4. The first-order valence-electron chi connectivity index (χ1n) is 7.35. The average Bonchev–Trinajstić information content (AvgIpc) is 2.57. The predicted molar refractivity (Wildman–Crippen MR) is 89.8 cm³/mol. The van der Waals surface area contributed by atoms with E-state index in [-0.39, 0.29) is 5.91 Å². The summed E-state index contributed by atoms with van der Waals surface area (Å²) in [7, 11) is 3.14. The Bertz CT molecular complexity index is 680. The molecule has 0 aliphatic rings. The lowest BCUT2D eigenvalue weighted by atomic mass is 10.1. The smallest absolute Gasteiger partial charge is 0.255 e. The highest BCUT2D eigenvalue weighted by atomic mass is 16.5. The number of carbonyl (C=O) groups excluding carboxylic acids is 1. The number of ether oxygens (including phenoxy) is 3. The Morgan fingerprint density at radius 1 is 1.04 bits per heavy atom. The highest BCUT2D eigenvalue weighted by molar-refractivity contribution is 6.04. The predicted octanol–water partition coefficient (Wildman–Crippen LogP) is 3.66. The molecule has 0 aliphatic carbocycles. The van der Waals surface area contributed by atoms with Crippen molar-refractivity contribution in [2.75, 3.05) is 26.1 Å². The van der Waals surface area contributed by atoms with E-state index in [1.165, 1.54) is 0 Å². The Hall–Kier alpha value is -2.69. The van der Waals surface area contributed by atoms with Crippen molar-refractivity contribution in [1.82, 2.24) is 0 Å². The highest BCUT2D eigenvalue weighted by Crippen LogP contribution is 2.33. The first kappa shape index (κ1) is 16.7. The Balaban J connectivity index is 2.19. The van der Waals surface area contributed by atoms with Crippen molar-refractivity contribution in [2.24, 2.45) is 0 Å². The Labute approximate surface area is 136 Å². The molecule has 0 spiro atoms. The third-order valence-electron chi connectivity index (χ3n) is 3.41. The minimum Gasteiger partial charge on any atom is -0.494 e. The van der Waals surface area contributed by atoms with Crippen LogP contribution in [0.25, 0.3) is 0 Å². The van der Waals surface area contributed by atoms with Crippen LogP contribution in [0, 0.1) is 6.92 Å². The summed E-state index contributed by atoms with van der Waals surface area (Å²) in [5, 5.41) is 2.89. The Morgan fingerprint density at radius 3 is 2.22 bits per heavy atom. The quantitative estimate of drug-likeness (QED) is 0.884. The molecule has 0 unspecified atom stereocenters. The van der Waals surface area contributed by atoms with Crippen LogP contribution in [-0.2, 0) is 0 Å². The van der Waals surface area contributed by atoms with Crippen LogP contribution in [0.3, 0.4) is 0 Å². The van der Waals surface area contributed by atoms with Crippen LogP contribution >= 0.6 is 0 Å². The molecule has 122 valence electrons. The molecule has 0 fully saturated rings. The van der Waals surface area contributed by atoms with Gasteiger partial charge in [-0.25, -0.2) is 0 Å². The van der Waals surface area contributed by atoms with Crippen LogP contribution in [0.15, 0.2) is 36.4 Å². The van der Waals surface area contributed by atoms with Crippen molar-refractivity contribution in [1.29, 1.82) is 0 Å². The first-order valence-corrected chi connectivity index (χ1v) is 7.35. The molecule has 2 rings (SSSR count). The van der Waals surface area contributed by atoms with Crippen LogP contribution in [0.2, 0.25) is 0 Å². The summed E-state index contributed by atoms with van der Waals surface area (Å²) in [6.07, 6.45) is 0. The van der Waals surface area contributed by atoms with Gasteiger partial charge in [0.25, 0.3) is 5.91 Å². The van der Waals surface area contributed by atoms with Gasteiger partial charge >= 0.3 is 0 Å². The average molecular weight is 315 g/mol. The fraction of sp³-hybridized carbons (Fsp3) is 0.278. The monoisotopic (exact) mass is 315 g/mol. The Morgan fingerprint density at radius 2 is 1.65 bits per heavy atom. The molecule has 0 radical (unpaired) electrons. The minimum absolute atomic E-state index is 0.191. The van der Waals surface area contributed by atoms with E-state index in [1.54, 1.807) is 44.6 Å². The van der Waals surface area contributed by atoms with E-state index in [4.69, 9.17) is 14.2 Å². The molecule has 0 aliphatic heterocycles. The maximum Gasteiger partial charge on any atom is 0.255 e. The molecule has 0 heterocycles. The molecular weight excluding hydrogens is 294 g/mol. The number of hydrogen-bond acceptors (Lipinski definition) is 4. The molecule has 0 bridgehead atoms. The van der Waals surface area contributed by atoms with E-state index >= 15 is 0 Å². The van der Waals surface area contributed by atoms with Crippen molar-refractivity contribution in [3.8, 4) is 17.2 Å². The van der Waals surface area contributed by atoms with Crippen LogP contribution in [0.1, 0.15) is 22.8 Å². The van der Waals surface area contributed by atoms with Gasteiger partial charge in [-0.15, -0.1) is 0 Å². The van der Waals surface area contributed by atoms with Gasteiger partial charge in [-0.05, 0) is 49.7 Å². The molecule has 0 atom stereocenters. The van der Waals surface area contributed by atoms with Gasteiger partial charge in [0.2, 0.25) is 0 Å². The molecular formula is C18H21NO4. The van der Waals surface area contributed by atoms with Crippen molar-refractivity contribution in [2.45, 2.75) is 13.8 Å². The summed E-state index contributed by atoms with van der Waals surface area (Å²) in [6, 6.07) is 10.6. The van der Waals surface area contributed by atoms with E-state index in [9.17, 15) is 4.79 Å². The highest BCUT2D eigenvalue weighted by Gasteiger charge is 2.12. The summed E-state index contributed by atoms with van der Waals surface area (Å²) in [4.78, 5) is 12.4. The zero-order valence-corrected chi connectivity index (χ0v) is 13.8. The topological polar surface area (TPSA) is 56.8 Å². The fourth-order valence-electron chi connectivity index (χ4n) is 2.18. The van der Waals surface area contributed by atoms with Gasteiger partial charge in [0.15, 0.2) is 11.5 Å². The van der Waals surface area contributed by atoms with Crippen molar-refractivity contribution in [3.05, 3.63) is 47.5 Å². The van der Waals surface area contributed by atoms with Gasteiger partial charge in [0, 0.05) is 17.3 Å². The normalized spacial score (nSPS) is 10.1. The lowest BCUT2D eigenvalue weighted by molar-refractivity contribution is 0.102. The summed E-state index contributed by atoms with van der Waals surface area (Å²) in [5.74, 6) is 1.75. The first-order chi connectivity index (χ1) is 11.1. The number of nitrogens with one attached hydrogen (secondary N) is 1. The molecule has 1 N–H and O–H groups in total. The third-order valence-corrected chi connectivity index (χ3v) is 3.41. The molecule has 0 saturated heterocycles. The number of aryl methyl sites for hydroxylation is 1. The van der Waals surface area contributed by atoms with Gasteiger partial charge in [-0.1, -0.05) is 0 Å². The minimum atomic E-state index is -0.191. The second-order valence-corrected chi connectivity index (χ2v) is 4.93. The van der Waals surface area contributed by atoms with Gasteiger partial charge in [-0.2, -0.15) is 0 Å². The molecule has 0 saturated carbocycles.